The Hall–Kier alpha value is -3.54. The Bertz CT molecular complexity index is 574. The number of unbranched alkanes of at least 4 members (excludes halogenated alkanes) is 3. The monoisotopic (exact) mass is 334 g/mol. The summed E-state index contributed by atoms with van der Waals surface area (Å²) in [5.74, 6) is -0.0316. The Morgan fingerprint density at radius 3 is 2.17 bits per heavy atom. The number of nitrogens with zero attached hydrogens (tertiary/aromatic N) is 6. The molecule has 0 aliphatic rings. The number of rotatable bonds is 7. The molecule has 0 atom stereocenters. The van der Waals surface area contributed by atoms with Crippen molar-refractivity contribution in [2.75, 3.05) is 13.1 Å². The van der Waals surface area contributed by atoms with Crippen molar-refractivity contribution in [1.29, 1.82) is 5.26 Å². The second-order valence-corrected chi connectivity index (χ2v) is 4.37. The molecule has 24 heavy (non-hydrogen) atoms. The summed E-state index contributed by atoms with van der Waals surface area (Å²) in [6.07, 6.45) is 5.19. The van der Waals surface area contributed by atoms with E-state index in [4.69, 9.17) is 34.8 Å². The zero-order chi connectivity index (χ0) is 18.2. The molecule has 0 aromatic carbocycles. The van der Waals surface area contributed by atoms with Crippen LogP contribution >= 0.6 is 0 Å². The molecule has 130 valence electrons. The van der Waals surface area contributed by atoms with E-state index in [-0.39, 0.29) is 23.8 Å². The zero-order valence-electron chi connectivity index (χ0n) is 13.2. The fraction of sp³-hybridized carbons (Fsp3) is 0.500. The molecule has 0 saturated carbocycles. The minimum absolute atomic E-state index is 0.0253. The summed E-state index contributed by atoms with van der Waals surface area (Å²) in [5, 5.41) is 16.2. The molecule has 0 aromatic heterocycles. The van der Waals surface area contributed by atoms with Crippen LogP contribution in [0.5, 0.6) is 0 Å². The van der Waals surface area contributed by atoms with Gasteiger partial charge in [-0.1, -0.05) is 12.8 Å². The Morgan fingerprint density at radius 2 is 1.58 bits per heavy atom. The third-order valence-electron chi connectivity index (χ3n) is 2.46. The van der Waals surface area contributed by atoms with Crippen LogP contribution in [0, 0.1) is 18.0 Å². The Kier molecular flexibility index (Phi) is 11.2. The molecular formula is C12H22N12. The van der Waals surface area contributed by atoms with Crippen molar-refractivity contribution in [1.82, 2.24) is 10.6 Å². The van der Waals surface area contributed by atoms with Gasteiger partial charge in [0.15, 0.2) is 12.2 Å². The molecule has 10 N–H and O–H groups in total. The number of nitrogens with one attached hydrogen (secondary N) is 2. The van der Waals surface area contributed by atoms with Crippen molar-refractivity contribution >= 4 is 23.8 Å². The standard InChI is InChI=1S/C12H22N12/c1-18-24-12(17)23-10(15)20-7-5-3-2-4-6-19-9(14)22-11(16)21-8-13/h2-7H2,(H5,14,16,19,21,22)(H5,15,17,20,23,24). The highest BCUT2D eigenvalue weighted by molar-refractivity contribution is 5.97. The molecule has 0 bridgehead atoms. The van der Waals surface area contributed by atoms with Gasteiger partial charge in [0.2, 0.25) is 11.9 Å². The summed E-state index contributed by atoms with van der Waals surface area (Å²) < 4.78 is 0. The highest BCUT2D eigenvalue weighted by Gasteiger charge is 1.97. The predicted molar refractivity (Wildman–Crippen MR) is 93.2 cm³/mol. The van der Waals surface area contributed by atoms with Crippen LogP contribution < -0.4 is 33.6 Å². The van der Waals surface area contributed by atoms with Gasteiger partial charge in [0, 0.05) is 13.1 Å². The topological polar surface area (TPSA) is 206 Å². The van der Waals surface area contributed by atoms with Crippen LogP contribution in [-0.4, -0.2) is 36.9 Å². The van der Waals surface area contributed by atoms with Crippen molar-refractivity contribution in [2.45, 2.75) is 25.7 Å². The third-order valence-corrected chi connectivity index (χ3v) is 2.46. The van der Waals surface area contributed by atoms with E-state index >= 15 is 0 Å². The maximum atomic E-state index is 8.32. The largest absolute Gasteiger partial charge is 0.370 e. The molecule has 0 saturated heterocycles. The van der Waals surface area contributed by atoms with Crippen molar-refractivity contribution in [3.63, 3.8) is 0 Å². The van der Waals surface area contributed by atoms with E-state index in [0.717, 1.165) is 25.7 Å². The number of hydrogen-bond donors (Lipinski definition) is 6. The first-order chi connectivity index (χ1) is 11.5. The molecule has 0 spiro atoms. The smallest absolute Gasteiger partial charge is 0.282 e. The number of aliphatic imine (C=N–C) groups is 3. The maximum Gasteiger partial charge on any atom is 0.282 e. The van der Waals surface area contributed by atoms with Gasteiger partial charge in [-0.05, 0) is 12.8 Å². The number of guanidine groups is 4. The van der Waals surface area contributed by atoms with Crippen LogP contribution in [0.15, 0.2) is 20.1 Å². The number of nitriles is 1. The van der Waals surface area contributed by atoms with Gasteiger partial charge in [0.25, 0.3) is 5.96 Å². The average molecular weight is 334 g/mol. The Morgan fingerprint density at radius 1 is 0.958 bits per heavy atom. The van der Waals surface area contributed by atoms with Gasteiger partial charge in [0.05, 0.1) is 0 Å². The highest BCUT2D eigenvalue weighted by atomic mass is 15.3. The summed E-state index contributed by atoms with van der Waals surface area (Å²) in [4.78, 5) is 14.5. The molecule has 0 heterocycles. The van der Waals surface area contributed by atoms with E-state index in [1.807, 2.05) is 0 Å². The summed E-state index contributed by atoms with van der Waals surface area (Å²) >= 11 is 0. The van der Waals surface area contributed by atoms with Gasteiger partial charge in [-0.3, -0.25) is 20.6 Å². The second-order valence-electron chi connectivity index (χ2n) is 4.37. The quantitative estimate of drug-likeness (QED) is 0.0604. The van der Waals surface area contributed by atoms with Crippen molar-refractivity contribution in [2.24, 2.45) is 43.0 Å². The van der Waals surface area contributed by atoms with Gasteiger partial charge in [0.1, 0.15) is 5.10 Å². The third kappa shape index (κ3) is 12.2. The lowest BCUT2D eigenvalue weighted by Gasteiger charge is -2.01. The highest BCUT2D eigenvalue weighted by Crippen LogP contribution is 2.00. The van der Waals surface area contributed by atoms with Crippen LogP contribution in [0.25, 0.3) is 4.95 Å². The van der Waals surface area contributed by atoms with Crippen molar-refractivity contribution in [3.05, 3.63) is 11.5 Å². The first-order valence-corrected chi connectivity index (χ1v) is 7.05. The fourth-order valence-electron chi connectivity index (χ4n) is 1.46. The summed E-state index contributed by atoms with van der Waals surface area (Å²) in [6.45, 7) is 7.55. The van der Waals surface area contributed by atoms with E-state index in [9.17, 15) is 0 Å². The summed E-state index contributed by atoms with van der Waals surface area (Å²) in [7, 11) is 0. The first-order valence-electron chi connectivity index (χ1n) is 7.05. The second kappa shape index (κ2) is 13.1. The Balaban J connectivity index is 3.82. The van der Waals surface area contributed by atoms with Crippen LogP contribution in [0.3, 0.4) is 0 Å². The molecule has 0 aromatic rings. The molecule has 0 radical (unpaired) electrons. The maximum absolute atomic E-state index is 8.32. The first kappa shape index (κ1) is 20.5. The molecule has 12 heteroatoms. The van der Waals surface area contributed by atoms with Gasteiger partial charge in [-0.25, -0.2) is 0 Å². The lowest BCUT2D eigenvalue weighted by atomic mass is 10.2. The molecule has 0 unspecified atom stereocenters. The zero-order valence-corrected chi connectivity index (χ0v) is 13.2. The van der Waals surface area contributed by atoms with E-state index < -0.39 is 0 Å². The van der Waals surface area contributed by atoms with Crippen LogP contribution in [0.1, 0.15) is 25.7 Å². The van der Waals surface area contributed by atoms with Crippen LogP contribution in [-0.2, 0) is 0 Å². The van der Waals surface area contributed by atoms with Gasteiger partial charge in [-0.15, -0.1) is 4.95 Å². The summed E-state index contributed by atoms with van der Waals surface area (Å²) in [6, 6.07) is 0. The predicted octanol–water partition coefficient (Wildman–Crippen LogP) is -1.70. The van der Waals surface area contributed by atoms with Gasteiger partial charge >= 0.3 is 0 Å². The van der Waals surface area contributed by atoms with Gasteiger partial charge in [-0.2, -0.15) is 16.8 Å². The lowest BCUT2D eigenvalue weighted by molar-refractivity contribution is 0.653. The van der Waals surface area contributed by atoms with Crippen molar-refractivity contribution in [3.8, 4) is 6.19 Å². The fourth-order valence-corrected chi connectivity index (χ4v) is 1.46. The summed E-state index contributed by atoms with van der Waals surface area (Å²) in [5.41, 5.74) is 21.8. The normalized spacial score (nSPS) is 13.1. The van der Waals surface area contributed by atoms with Crippen LogP contribution in [0.2, 0.25) is 0 Å². The average Bonchev–Trinajstić information content (AvgIpc) is 2.50. The van der Waals surface area contributed by atoms with E-state index in [0.29, 0.717) is 13.1 Å². The van der Waals surface area contributed by atoms with Crippen LogP contribution in [0.4, 0.5) is 0 Å². The molecule has 0 aliphatic carbocycles. The molecule has 0 fully saturated rings. The molecule has 12 nitrogen and oxygen atoms in total. The number of hydrogen-bond acceptors (Lipinski definition) is 4. The van der Waals surface area contributed by atoms with E-state index in [2.05, 4.69) is 35.7 Å². The minimum Gasteiger partial charge on any atom is -0.370 e. The van der Waals surface area contributed by atoms with Gasteiger partial charge < -0.3 is 22.9 Å². The van der Waals surface area contributed by atoms with E-state index in [1.54, 1.807) is 6.19 Å². The minimum atomic E-state index is -0.0927. The molecule has 0 amide bonds. The van der Waals surface area contributed by atoms with E-state index in [1.165, 1.54) is 0 Å². The SMILES string of the molecule is [C-]#[N+]N=C(N)NC(N)=NCCCCCCN=C(N)N=C(N)NC#N. The Labute approximate surface area is 140 Å². The lowest BCUT2D eigenvalue weighted by Crippen LogP contribution is -2.41. The van der Waals surface area contributed by atoms with Crippen molar-refractivity contribution < 1.29 is 0 Å². The molecule has 0 aliphatic heterocycles. The molecular weight excluding hydrogens is 312 g/mol. The number of nitrogens with two attached hydrogens (primary N) is 4. The molecule has 0 rings (SSSR count).